The molecule has 1 aliphatic rings. The number of methoxy groups -OCH3 is 1. The van der Waals surface area contributed by atoms with Gasteiger partial charge in [0, 0.05) is 51.4 Å². The lowest BCUT2D eigenvalue weighted by Crippen LogP contribution is -2.44. The summed E-state index contributed by atoms with van der Waals surface area (Å²) in [6.45, 7) is 7.94. The Morgan fingerprint density at radius 3 is 2.53 bits per heavy atom. The number of para-hydroxylation sites is 2. The van der Waals surface area contributed by atoms with E-state index in [2.05, 4.69) is 26.6 Å². The van der Waals surface area contributed by atoms with E-state index in [0.717, 1.165) is 61.1 Å². The minimum Gasteiger partial charge on any atom is -0.495 e. The average Bonchev–Trinajstić information content (AvgIpc) is 3.31. The van der Waals surface area contributed by atoms with Crippen LogP contribution in [0.2, 0.25) is 0 Å². The third-order valence-electron chi connectivity index (χ3n) is 5.89. The standard InChI is InChI=1S/C25H35N5O2/c1-5-29(6-2)24(31)20-13-11-19(12-14-20)17-27-25(26-3)28-21-15-16-30(18-21)22-9-7-8-10-23(22)32-4/h7-14,21H,5-6,15-18H2,1-4H3,(H2,26,27,28). The van der Waals surface area contributed by atoms with Gasteiger partial charge in [-0.15, -0.1) is 0 Å². The molecule has 7 heteroatoms. The molecule has 0 aromatic heterocycles. The van der Waals surface area contributed by atoms with Gasteiger partial charge in [0.2, 0.25) is 0 Å². The molecule has 1 aliphatic heterocycles. The van der Waals surface area contributed by atoms with Crippen molar-refractivity contribution in [3.63, 3.8) is 0 Å². The maximum absolute atomic E-state index is 12.5. The zero-order valence-corrected chi connectivity index (χ0v) is 19.6. The quantitative estimate of drug-likeness (QED) is 0.491. The second kappa shape index (κ2) is 11.4. The van der Waals surface area contributed by atoms with Crippen molar-refractivity contribution in [1.29, 1.82) is 0 Å². The first-order valence-corrected chi connectivity index (χ1v) is 11.3. The number of carbonyl (C=O) groups is 1. The molecule has 0 bridgehead atoms. The number of nitrogens with one attached hydrogen (secondary N) is 2. The van der Waals surface area contributed by atoms with Crippen LogP contribution >= 0.6 is 0 Å². The van der Waals surface area contributed by atoms with Crippen LogP contribution in [0.3, 0.4) is 0 Å². The van der Waals surface area contributed by atoms with E-state index in [0.29, 0.717) is 12.6 Å². The molecule has 3 rings (SSSR count). The van der Waals surface area contributed by atoms with Gasteiger partial charge in [0.25, 0.3) is 5.91 Å². The fourth-order valence-corrected chi connectivity index (χ4v) is 4.02. The Bertz CT molecular complexity index is 909. The molecule has 1 saturated heterocycles. The maximum Gasteiger partial charge on any atom is 0.253 e. The highest BCUT2D eigenvalue weighted by Gasteiger charge is 2.25. The van der Waals surface area contributed by atoms with E-state index in [4.69, 9.17) is 4.74 Å². The van der Waals surface area contributed by atoms with Crippen molar-refractivity contribution in [1.82, 2.24) is 15.5 Å². The molecule has 0 saturated carbocycles. The predicted molar refractivity (Wildman–Crippen MR) is 131 cm³/mol. The molecule has 2 N–H and O–H groups in total. The van der Waals surface area contributed by atoms with Gasteiger partial charge in [-0.3, -0.25) is 9.79 Å². The van der Waals surface area contributed by atoms with Crippen molar-refractivity contribution in [2.45, 2.75) is 32.9 Å². The number of benzene rings is 2. The van der Waals surface area contributed by atoms with E-state index < -0.39 is 0 Å². The van der Waals surface area contributed by atoms with Gasteiger partial charge in [0.15, 0.2) is 5.96 Å². The summed E-state index contributed by atoms with van der Waals surface area (Å²) in [7, 11) is 3.50. The summed E-state index contributed by atoms with van der Waals surface area (Å²) in [5.41, 5.74) is 2.95. The summed E-state index contributed by atoms with van der Waals surface area (Å²) < 4.78 is 5.51. The minimum atomic E-state index is 0.0767. The molecule has 0 radical (unpaired) electrons. The van der Waals surface area contributed by atoms with Crippen molar-refractivity contribution in [3.8, 4) is 5.75 Å². The molecular formula is C25H35N5O2. The first-order valence-electron chi connectivity index (χ1n) is 11.3. The zero-order chi connectivity index (χ0) is 22.9. The highest BCUT2D eigenvalue weighted by molar-refractivity contribution is 5.94. The molecule has 1 unspecified atom stereocenters. The van der Waals surface area contributed by atoms with Gasteiger partial charge in [-0.25, -0.2) is 0 Å². The number of guanidine groups is 1. The third kappa shape index (κ3) is 5.72. The number of rotatable bonds is 8. The van der Waals surface area contributed by atoms with Gasteiger partial charge in [-0.05, 0) is 50.1 Å². The smallest absolute Gasteiger partial charge is 0.253 e. The SMILES string of the molecule is CCN(CC)C(=O)c1ccc(CNC(=NC)NC2CCN(c3ccccc3OC)C2)cc1. The molecule has 7 nitrogen and oxygen atoms in total. The van der Waals surface area contributed by atoms with Crippen LogP contribution in [0.15, 0.2) is 53.5 Å². The van der Waals surface area contributed by atoms with Crippen molar-refractivity contribution >= 4 is 17.6 Å². The number of amides is 1. The van der Waals surface area contributed by atoms with Crippen LogP contribution in [-0.4, -0.2) is 63.1 Å². The van der Waals surface area contributed by atoms with Crippen LogP contribution in [0, 0.1) is 0 Å². The average molecular weight is 438 g/mol. The van der Waals surface area contributed by atoms with Gasteiger partial charge in [-0.1, -0.05) is 24.3 Å². The molecule has 172 valence electrons. The second-order valence-electron chi connectivity index (χ2n) is 7.85. The number of aliphatic imine (C=N–C) groups is 1. The van der Waals surface area contributed by atoms with Crippen molar-refractivity contribution in [2.75, 3.05) is 45.2 Å². The van der Waals surface area contributed by atoms with Crippen LogP contribution in [0.5, 0.6) is 5.75 Å². The number of hydrogen-bond acceptors (Lipinski definition) is 4. The second-order valence-corrected chi connectivity index (χ2v) is 7.85. The van der Waals surface area contributed by atoms with Gasteiger partial charge in [-0.2, -0.15) is 0 Å². The Balaban J connectivity index is 1.52. The van der Waals surface area contributed by atoms with Gasteiger partial charge < -0.3 is 25.2 Å². The first-order chi connectivity index (χ1) is 15.6. The fraction of sp³-hybridized carbons (Fsp3) is 0.440. The summed E-state index contributed by atoms with van der Waals surface area (Å²) in [6, 6.07) is 16.2. The molecule has 2 aromatic rings. The van der Waals surface area contributed by atoms with Crippen LogP contribution in [0.1, 0.15) is 36.2 Å². The van der Waals surface area contributed by atoms with Crippen molar-refractivity contribution < 1.29 is 9.53 Å². The third-order valence-corrected chi connectivity index (χ3v) is 5.89. The van der Waals surface area contributed by atoms with Crippen molar-refractivity contribution in [3.05, 3.63) is 59.7 Å². The molecule has 2 aromatic carbocycles. The summed E-state index contributed by atoms with van der Waals surface area (Å²) in [6.07, 6.45) is 1.03. The van der Waals surface area contributed by atoms with Crippen LogP contribution in [-0.2, 0) is 6.54 Å². The summed E-state index contributed by atoms with van der Waals surface area (Å²) in [5, 5.41) is 6.91. The van der Waals surface area contributed by atoms with E-state index in [1.165, 1.54) is 0 Å². The summed E-state index contributed by atoms with van der Waals surface area (Å²) in [5.74, 6) is 1.76. The number of carbonyl (C=O) groups excluding carboxylic acids is 1. The van der Waals surface area contributed by atoms with Crippen LogP contribution in [0.25, 0.3) is 0 Å². The molecule has 1 fully saturated rings. The summed E-state index contributed by atoms with van der Waals surface area (Å²) >= 11 is 0. The highest BCUT2D eigenvalue weighted by Crippen LogP contribution is 2.30. The maximum atomic E-state index is 12.5. The number of hydrogen-bond donors (Lipinski definition) is 2. The molecule has 32 heavy (non-hydrogen) atoms. The molecule has 1 amide bonds. The fourth-order valence-electron chi connectivity index (χ4n) is 4.02. The van der Waals surface area contributed by atoms with E-state index in [1.807, 2.05) is 61.2 Å². The topological polar surface area (TPSA) is 69.2 Å². The normalized spacial score (nSPS) is 16.1. The Hall–Kier alpha value is -3.22. The number of ether oxygens (including phenoxy) is 1. The Morgan fingerprint density at radius 1 is 1.16 bits per heavy atom. The molecular weight excluding hydrogens is 402 g/mol. The van der Waals surface area contributed by atoms with Crippen LogP contribution < -0.4 is 20.3 Å². The Kier molecular flexibility index (Phi) is 8.36. The van der Waals surface area contributed by atoms with E-state index in [1.54, 1.807) is 14.2 Å². The largest absolute Gasteiger partial charge is 0.495 e. The lowest BCUT2D eigenvalue weighted by Gasteiger charge is -2.22. The first kappa shape index (κ1) is 23.4. The number of nitrogens with zero attached hydrogens (tertiary/aromatic N) is 3. The molecule has 1 heterocycles. The van der Waals surface area contributed by atoms with Gasteiger partial charge >= 0.3 is 0 Å². The zero-order valence-electron chi connectivity index (χ0n) is 19.6. The molecule has 1 atom stereocenters. The Morgan fingerprint density at radius 2 is 1.88 bits per heavy atom. The minimum absolute atomic E-state index is 0.0767. The van der Waals surface area contributed by atoms with Gasteiger partial charge in [0.05, 0.1) is 12.8 Å². The molecule has 0 spiro atoms. The van der Waals surface area contributed by atoms with E-state index in [-0.39, 0.29) is 5.91 Å². The van der Waals surface area contributed by atoms with Crippen LogP contribution in [0.4, 0.5) is 5.69 Å². The lowest BCUT2D eigenvalue weighted by atomic mass is 10.1. The van der Waals surface area contributed by atoms with Crippen molar-refractivity contribution in [2.24, 2.45) is 4.99 Å². The van der Waals surface area contributed by atoms with E-state index in [9.17, 15) is 4.79 Å². The van der Waals surface area contributed by atoms with E-state index >= 15 is 0 Å². The summed E-state index contributed by atoms with van der Waals surface area (Å²) in [4.78, 5) is 21.0. The monoisotopic (exact) mass is 437 g/mol. The number of anilines is 1. The Labute approximate surface area is 191 Å². The predicted octanol–water partition coefficient (Wildman–Crippen LogP) is 3.12. The molecule has 0 aliphatic carbocycles. The highest BCUT2D eigenvalue weighted by atomic mass is 16.5. The van der Waals surface area contributed by atoms with Gasteiger partial charge in [0.1, 0.15) is 5.75 Å². The lowest BCUT2D eigenvalue weighted by molar-refractivity contribution is 0.0773.